The monoisotopic (exact) mass is 828 g/mol. The minimum Gasteiger partial charge on any atom is -0.497 e. The molecule has 3 aromatic carbocycles. The highest BCUT2D eigenvalue weighted by molar-refractivity contribution is 5.85. The van der Waals surface area contributed by atoms with Gasteiger partial charge >= 0.3 is 29.8 Å². The number of nitrogens with one attached hydrogen (secondary N) is 2. The molecule has 3 N–H and O–H groups in total. The lowest BCUT2D eigenvalue weighted by atomic mass is 9.88. The molecule has 16 nitrogen and oxygen atoms in total. The molecule has 0 bridgehead atoms. The maximum Gasteiger partial charge on any atom is 0.413 e. The van der Waals surface area contributed by atoms with E-state index in [9.17, 15) is 29.1 Å². The number of carbonyl (C=O) groups is 4. The highest BCUT2D eigenvalue weighted by Gasteiger charge is 2.44. The zero-order valence-electron chi connectivity index (χ0n) is 34.7. The fraction of sp³-hybridized carbons (Fsp3) is 0.409. The van der Waals surface area contributed by atoms with Crippen molar-refractivity contribution in [1.82, 2.24) is 14.9 Å². The van der Waals surface area contributed by atoms with E-state index in [2.05, 4.69) is 15.6 Å². The molecule has 5 unspecified atom stereocenters. The highest BCUT2D eigenvalue weighted by Crippen LogP contribution is 2.46. The van der Waals surface area contributed by atoms with Gasteiger partial charge in [0.1, 0.15) is 53.9 Å². The van der Waals surface area contributed by atoms with Crippen LogP contribution in [0, 0.1) is 5.92 Å². The largest absolute Gasteiger partial charge is 0.497 e. The summed E-state index contributed by atoms with van der Waals surface area (Å²) >= 11 is 0. The molecule has 4 aromatic rings. The molecule has 2 heterocycles. The normalized spacial score (nSPS) is 17.6. The number of nitrogens with zero attached hydrogens (tertiary/aromatic N) is 2. The van der Waals surface area contributed by atoms with Crippen LogP contribution in [0.5, 0.6) is 5.75 Å². The molecule has 5 rings (SSSR count). The Morgan fingerprint density at radius 1 is 0.833 bits per heavy atom. The maximum absolute atomic E-state index is 13.5. The molecule has 1 aromatic heterocycles. The van der Waals surface area contributed by atoms with E-state index < -0.39 is 83.9 Å². The standard InChI is InChI=1S/C44H52N4O12/c1-43(2,3)59-41(53)45-32(39(50)51)25-36(49)56-26-33-31(24-35(57-33)48-23-22-34(46-40(48)52)47-42(54)60-44(4,5)6)38(29-18-20-30(55-7)21-19-29)58-37(27-14-10-8-11-15-27)28-16-12-9-13-17-28/h8-23,31-33,35,37-38H,24-26H2,1-7H3,(H,45,53)(H,50,51)(H,46,47,52,54). The van der Waals surface area contributed by atoms with Gasteiger partial charge in [-0.15, -0.1) is 0 Å². The van der Waals surface area contributed by atoms with E-state index >= 15 is 0 Å². The minimum atomic E-state index is -1.65. The molecule has 1 aliphatic heterocycles. The van der Waals surface area contributed by atoms with Crippen LogP contribution in [0.1, 0.15) is 89.5 Å². The zero-order chi connectivity index (χ0) is 43.6. The Morgan fingerprint density at radius 3 is 1.95 bits per heavy atom. The number of anilines is 1. The summed E-state index contributed by atoms with van der Waals surface area (Å²) in [6.07, 6.45) is -4.14. The number of alkyl carbamates (subject to hydrolysis) is 1. The van der Waals surface area contributed by atoms with Crippen LogP contribution in [0.3, 0.4) is 0 Å². The van der Waals surface area contributed by atoms with Gasteiger partial charge in [-0.1, -0.05) is 72.8 Å². The van der Waals surface area contributed by atoms with Gasteiger partial charge in [0.15, 0.2) is 0 Å². The average Bonchev–Trinajstić information content (AvgIpc) is 3.60. The average molecular weight is 829 g/mol. The predicted molar refractivity (Wildman–Crippen MR) is 218 cm³/mol. The number of ether oxygens (including phenoxy) is 6. The SMILES string of the molecule is COc1ccc(C(OC(c2ccccc2)c2ccccc2)C2CC(n3ccc(NC(=O)OC(C)(C)C)nc3=O)OC2COC(=O)CC(NC(=O)OC(C)(C)C)C(=O)O)cc1. The van der Waals surface area contributed by atoms with Crippen molar-refractivity contribution in [2.75, 3.05) is 19.0 Å². The molecule has 2 amide bonds. The second-order valence-electron chi connectivity index (χ2n) is 16.1. The van der Waals surface area contributed by atoms with Crippen LogP contribution in [-0.4, -0.2) is 75.8 Å². The lowest BCUT2D eigenvalue weighted by Crippen LogP contribution is -2.45. The first-order valence-corrected chi connectivity index (χ1v) is 19.4. The third-order valence-electron chi connectivity index (χ3n) is 9.14. The molecular weight excluding hydrogens is 776 g/mol. The Bertz CT molecular complexity index is 2090. The van der Waals surface area contributed by atoms with Crippen molar-refractivity contribution in [3.05, 3.63) is 124 Å². The van der Waals surface area contributed by atoms with E-state index in [0.717, 1.165) is 16.7 Å². The number of esters is 1. The maximum atomic E-state index is 13.5. The molecule has 1 fully saturated rings. The Balaban J connectivity index is 1.49. The Kier molecular flexibility index (Phi) is 14.7. The van der Waals surface area contributed by atoms with Crippen LogP contribution in [0.15, 0.2) is 102 Å². The Morgan fingerprint density at radius 2 is 1.42 bits per heavy atom. The van der Waals surface area contributed by atoms with Crippen LogP contribution < -0.4 is 21.1 Å². The van der Waals surface area contributed by atoms with Gasteiger partial charge in [-0.2, -0.15) is 4.98 Å². The number of rotatable bonds is 15. The lowest BCUT2D eigenvalue weighted by Gasteiger charge is -2.32. The first kappa shape index (κ1) is 44.8. The van der Waals surface area contributed by atoms with Crippen molar-refractivity contribution in [1.29, 1.82) is 0 Å². The molecule has 16 heteroatoms. The highest BCUT2D eigenvalue weighted by atomic mass is 16.6. The van der Waals surface area contributed by atoms with Crippen molar-refractivity contribution < 1.29 is 52.7 Å². The van der Waals surface area contributed by atoms with Gasteiger partial charge in [0.2, 0.25) is 0 Å². The van der Waals surface area contributed by atoms with Crippen LogP contribution in [0.2, 0.25) is 0 Å². The second kappa shape index (κ2) is 19.7. The van der Waals surface area contributed by atoms with E-state index in [1.165, 1.54) is 16.8 Å². The van der Waals surface area contributed by atoms with Gasteiger partial charge < -0.3 is 38.8 Å². The summed E-state index contributed by atoms with van der Waals surface area (Å²) in [7, 11) is 1.56. The van der Waals surface area contributed by atoms with Gasteiger partial charge in [0.05, 0.1) is 19.6 Å². The molecule has 60 heavy (non-hydrogen) atoms. The number of carbonyl (C=O) groups excluding carboxylic acids is 3. The Labute approximate surface area is 348 Å². The number of methoxy groups -OCH3 is 1. The molecule has 5 atom stereocenters. The van der Waals surface area contributed by atoms with Gasteiger partial charge in [0, 0.05) is 18.5 Å². The summed E-state index contributed by atoms with van der Waals surface area (Å²) in [4.78, 5) is 67.7. The van der Waals surface area contributed by atoms with E-state index in [1.54, 1.807) is 60.8 Å². The summed E-state index contributed by atoms with van der Waals surface area (Å²) in [5.74, 6) is -2.43. The quantitative estimate of drug-likeness (QED) is 0.0821. The fourth-order valence-electron chi connectivity index (χ4n) is 6.54. The van der Waals surface area contributed by atoms with Gasteiger partial charge in [0.25, 0.3) is 0 Å². The predicted octanol–water partition coefficient (Wildman–Crippen LogP) is 6.96. The van der Waals surface area contributed by atoms with Gasteiger partial charge in [-0.05, 0) is 76.4 Å². The number of hydrogen-bond donors (Lipinski definition) is 3. The number of aliphatic carboxylic acids is 1. The molecule has 0 spiro atoms. The summed E-state index contributed by atoms with van der Waals surface area (Å²) in [6.45, 7) is 9.59. The number of carboxylic acids is 1. The van der Waals surface area contributed by atoms with E-state index in [-0.39, 0.29) is 18.8 Å². The van der Waals surface area contributed by atoms with Crippen LogP contribution in [-0.2, 0) is 33.3 Å². The molecule has 1 aliphatic rings. The number of aromatic nitrogens is 2. The molecule has 320 valence electrons. The first-order valence-electron chi connectivity index (χ1n) is 19.4. The Hall–Kier alpha value is -6.26. The molecule has 1 saturated heterocycles. The number of carboxylic acid groups (broad SMARTS) is 1. The van der Waals surface area contributed by atoms with Crippen molar-refractivity contribution in [2.24, 2.45) is 5.92 Å². The lowest BCUT2D eigenvalue weighted by molar-refractivity contribution is -0.154. The van der Waals surface area contributed by atoms with Crippen LogP contribution >= 0.6 is 0 Å². The molecular formula is C44H52N4O12. The second-order valence-corrected chi connectivity index (χ2v) is 16.1. The summed E-state index contributed by atoms with van der Waals surface area (Å²) in [5, 5.41) is 14.5. The van der Waals surface area contributed by atoms with Crippen molar-refractivity contribution >= 4 is 29.9 Å². The molecule has 0 saturated carbocycles. The van der Waals surface area contributed by atoms with Crippen LogP contribution in [0.25, 0.3) is 0 Å². The third kappa shape index (κ3) is 12.9. The smallest absolute Gasteiger partial charge is 0.413 e. The van der Waals surface area contributed by atoms with Gasteiger partial charge in [-0.3, -0.25) is 14.7 Å². The fourth-order valence-corrected chi connectivity index (χ4v) is 6.54. The number of amides is 2. The zero-order valence-corrected chi connectivity index (χ0v) is 34.7. The molecule has 0 aliphatic carbocycles. The summed E-state index contributed by atoms with van der Waals surface area (Å²) in [6, 6.07) is 26.4. The number of hydrogen-bond acceptors (Lipinski definition) is 12. The molecule has 0 radical (unpaired) electrons. The summed E-state index contributed by atoms with van der Waals surface area (Å²) < 4.78 is 36.5. The minimum absolute atomic E-state index is 0.0356. The number of benzene rings is 3. The third-order valence-corrected chi connectivity index (χ3v) is 9.14. The topological polar surface area (TPSA) is 203 Å². The van der Waals surface area contributed by atoms with Crippen molar-refractivity contribution in [3.63, 3.8) is 0 Å². The van der Waals surface area contributed by atoms with E-state index in [4.69, 9.17) is 28.4 Å². The van der Waals surface area contributed by atoms with Gasteiger partial charge in [-0.25, -0.2) is 19.2 Å². The first-order chi connectivity index (χ1) is 28.4. The van der Waals surface area contributed by atoms with E-state index in [1.807, 2.05) is 72.8 Å². The van der Waals surface area contributed by atoms with Crippen LogP contribution in [0.4, 0.5) is 15.4 Å². The van der Waals surface area contributed by atoms with E-state index in [0.29, 0.717) is 5.75 Å². The van der Waals surface area contributed by atoms with Crippen molar-refractivity contribution in [2.45, 2.75) is 96.2 Å². The summed E-state index contributed by atoms with van der Waals surface area (Å²) in [5.41, 5.74) is 0.0331. The van der Waals surface area contributed by atoms with Crippen molar-refractivity contribution in [3.8, 4) is 5.75 Å².